The predicted octanol–water partition coefficient (Wildman–Crippen LogP) is 5.90. The molecular formula is C28H34ClNO5. The van der Waals surface area contributed by atoms with Gasteiger partial charge in [0.25, 0.3) is 0 Å². The Bertz CT molecular complexity index is 1110. The molecule has 1 aromatic rings. The number of nitrogens with zero attached hydrogens (tertiary/aromatic N) is 1. The molecule has 1 heterocycles. The first kappa shape index (κ1) is 25.5. The highest BCUT2D eigenvalue weighted by molar-refractivity contribution is 6.30. The number of rotatable bonds is 6. The van der Waals surface area contributed by atoms with Gasteiger partial charge in [-0.2, -0.15) is 0 Å². The Balaban J connectivity index is 2.03. The van der Waals surface area contributed by atoms with Crippen molar-refractivity contribution < 1.29 is 24.2 Å². The highest BCUT2D eigenvalue weighted by Crippen LogP contribution is 2.55. The van der Waals surface area contributed by atoms with Crippen LogP contribution in [0.1, 0.15) is 78.2 Å². The molecule has 0 unspecified atom stereocenters. The van der Waals surface area contributed by atoms with Gasteiger partial charge < -0.3 is 14.7 Å². The van der Waals surface area contributed by atoms with Crippen molar-refractivity contribution in [1.82, 2.24) is 4.90 Å². The SMILES string of the molecule is CCCOc1ccc(Cl)cc1C1C2=C(CC(C)(C)CC2=O)N(CC(=O)O)C2=C1C(=O)CC(C)(C)C2. The molecule has 0 bridgehead atoms. The fourth-order valence-corrected chi connectivity index (χ4v) is 5.95. The van der Waals surface area contributed by atoms with Crippen LogP contribution in [0.5, 0.6) is 5.75 Å². The van der Waals surface area contributed by atoms with E-state index in [0.29, 0.717) is 71.2 Å². The first-order valence-corrected chi connectivity index (χ1v) is 12.7. The first-order chi connectivity index (χ1) is 16.3. The summed E-state index contributed by atoms with van der Waals surface area (Å²) in [7, 11) is 0. The number of ketones is 2. The summed E-state index contributed by atoms with van der Waals surface area (Å²) in [6.45, 7) is 10.3. The molecule has 0 atom stereocenters. The van der Waals surface area contributed by atoms with Gasteiger partial charge in [-0.05, 0) is 48.3 Å². The zero-order chi connectivity index (χ0) is 25.7. The maximum atomic E-state index is 13.7. The van der Waals surface area contributed by atoms with Gasteiger partial charge in [0.1, 0.15) is 12.3 Å². The summed E-state index contributed by atoms with van der Waals surface area (Å²) in [5, 5.41) is 10.3. The van der Waals surface area contributed by atoms with E-state index in [4.69, 9.17) is 16.3 Å². The molecule has 0 amide bonds. The third-order valence-corrected chi connectivity index (χ3v) is 7.29. The molecule has 1 aliphatic heterocycles. The van der Waals surface area contributed by atoms with Crippen LogP contribution >= 0.6 is 11.6 Å². The average molecular weight is 500 g/mol. The number of carboxylic acids is 1. The predicted molar refractivity (Wildman–Crippen MR) is 134 cm³/mol. The minimum atomic E-state index is -0.997. The Labute approximate surface area is 212 Å². The van der Waals surface area contributed by atoms with Gasteiger partial charge in [0.15, 0.2) is 11.6 Å². The fourth-order valence-electron chi connectivity index (χ4n) is 5.77. The van der Waals surface area contributed by atoms with Crippen molar-refractivity contribution in [2.75, 3.05) is 13.2 Å². The summed E-state index contributed by atoms with van der Waals surface area (Å²) in [6, 6.07) is 5.34. The van der Waals surface area contributed by atoms with Crippen molar-refractivity contribution in [3.8, 4) is 5.75 Å². The first-order valence-electron chi connectivity index (χ1n) is 12.3. The molecule has 2 aliphatic carbocycles. The number of hydrogen-bond donors (Lipinski definition) is 1. The van der Waals surface area contributed by atoms with Crippen molar-refractivity contribution in [3.63, 3.8) is 0 Å². The molecule has 0 spiro atoms. The van der Waals surface area contributed by atoms with E-state index in [1.807, 2.05) is 34.6 Å². The van der Waals surface area contributed by atoms with E-state index in [1.54, 1.807) is 23.1 Å². The second-order valence-corrected chi connectivity index (χ2v) is 12.0. The monoisotopic (exact) mass is 499 g/mol. The van der Waals surface area contributed by atoms with Crippen molar-refractivity contribution >= 4 is 29.1 Å². The maximum Gasteiger partial charge on any atom is 0.323 e. The number of Topliss-reactive ketones (excluding diaryl/α,β-unsaturated/α-hetero) is 2. The van der Waals surface area contributed by atoms with E-state index in [9.17, 15) is 19.5 Å². The lowest BCUT2D eigenvalue weighted by molar-refractivity contribution is -0.138. The van der Waals surface area contributed by atoms with Crippen LogP contribution in [0.2, 0.25) is 5.02 Å². The number of aliphatic carboxylic acids is 1. The Morgan fingerprint density at radius 3 is 2.06 bits per heavy atom. The van der Waals surface area contributed by atoms with E-state index >= 15 is 0 Å². The van der Waals surface area contributed by atoms with Gasteiger partial charge in [-0.1, -0.05) is 46.2 Å². The molecule has 0 aromatic heterocycles. The number of hydrogen-bond acceptors (Lipinski definition) is 5. The lowest BCUT2D eigenvalue weighted by atomic mass is 9.63. The zero-order valence-electron chi connectivity index (χ0n) is 21.2. The minimum absolute atomic E-state index is 0.0535. The summed E-state index contributed by atoms with van der Waals surface area (Å²) in [5.74, 6) is -1.13. The number of carbonyl (C=O) groups is 3. The molecule has 0 radical (unpaired) electrons. The summed E-state index contributed by atoms with van der Waals surface area (Å²) in [5.41, 5.74) is 2.51. The van der Waals surface area contributed by atoms with Crippen LogP contribution in [0.3, 0.4) is 0 Å². The summed E-state index contributed by atoms with van der Waals surface area (Å²) in [4.78, 5) is 41.2. The molecule has 7 heteroatoms. The van der Waals surface area contributed by atoms with Crippen LogP contribution in [0.4, 0.5) is 0 Å². The molecule has 0 saturated carbocycles. The van der Waals surface area contributed by atoms with E-state index in [1.165, 1.54) is 0 Å². The van der Waals surface area contributed by atoms with Gasteiger partial charge in [-0.3, -0.25) is 14.4 Å². The molecule has 188 valence electrons. The van der Waals surface area contributed by atoms with Crippen LogP contribution in [0.25, 0.3) is 0 Å². The third-order valence-electron chi connectivity index (χ3n) is 7.06. The fraction of sp³-hybridized carbons (Fsp3) is 0.536. The molecule has 0 fully saturated rings. The molecular weight excluding hydrogens is 466 g/mol. The van der Waals surface area contributed by atoms with Crippen molar-refractivity contribution in [1.29, 1.82) is 0 Å². The Kier molecular flexibility index (Phi) is 6.64. The Morgan fingerprint density at radius 1 is 1.03 bits per heavy atom. The maximum absolute atomic E-state index is 13.7. The summed E-state index contributed by atoms with van der Waals surface area (Å²) < 4.78 is 6.06. The molecule has 1 N–H and O–H groups in total. The summed E-state index contributed by atoms with van der Waals surface area (Å²) >= 11 is 6.44. The third kappa shape index (κ3) is 4.90. The molecule has 4 rings (SSSR count). The molecule has 3 aliphatic rings. The van der Waals surface area contributed by atoms with Gasteiger partial charge in [-0.15, -0.1) is 0 Å². The number of allylic oxidation sites excluding steroid dienone is 4. The zero-order valence-corrected chi connectivity index (χ0v) is 21.9. The molecule has 1 aromatic carbocycles. The number of ether oxygens (including phenoxy) is 1. The van der Waals surface area contributed by atoms with Gasteiger partial charge in [0.05, 0.1) is 6.61 Å². The molecule has 6 nitrogen and oxygen atoms in total. The van der Waals surface area contributed by atoms with E-state index in [0.717, 1.165) is 6.42 Å². The normalized spacial score (nSPS) is 21.7. The second-order valence-electron chi connectivity index (χ2n) is 11.5. The lowest BCUT2D eigenvalue weighted by Crippen LogP contribution is -2.45. The van der Waals surface area contributed by atoms with E-state index < -0.39 is 11.9 Å². The topological polar surface area (TPSA) is 83.9 Å². The van der Waals surface area contributed by atoms with Crippen molar-refractivity contribution in [2.24, 2.45) is 10.8 Å². The van der Waals surface area contributed by atoms with E-state index in [-0.39, 0.29) is 28.9 Å². The number of benzene rings is 1. The highest BCUT2D eigenvalue weighted by Gasteiger charge is 2.49. The van der Waals surface area contributed by atoms with Crippen LogP contribution in [-0.2, 0) is 14.4 Å². The minimum Gasteiger partial charge on any atom is -0.493 e. The Morgan fingerprint density at radius 2 is 1.57 bits per heavy atom. The van der Waals surface area contributed by atoms with Gasteiger partial charge in [0, 0.05) is 51.9 Å². The quantitative estimate of drug-likeness (QED) is 0.524. The van der Waals surface area contributed by atoms with E-state index in [2.05, 4.69) is 0 Å². The standard InChI is InChI=1S/C28H34ClNO5/c1-6-9-35-22-8-7-16(29)10-17(22)24-25-18(11-27(2,3)13-20(25)31)30(15-23(33)34)19-12-28(4,5)14-21(32)26(19)24/h7-8,10,24H,6,9,11-15H2,1-5H3,(H,33,34). The van der Waals surface area contributed by atoms with Gasteiger partial charge in [-0.25, -0.2) is 0 Å². The Hall–Kier alpha value is -2.60. The summed E-state index contributed by atoms with van der Waals surface area (Å²) in [6.07, 6.45) is 2.57. The number of halogens is 1. The van der Waals surface area contributed by atoms with Crippen molar-refractivity contribution in [2.45, 2.75) is 72.6 Å². The van der Waals surface area contributed by atoms with Crippen LogP contribution in [0.15, 0.2) is 40.7 Å². The van der Waals surface area contributed by atoms with Crippen LogP contribution in [-0.4, -0.2) is 40.7 Å². The smallest absolute Gasteiger partial charge is 0.323 e. The largest absolute Gasteiger partial charge is 0.493 e. The van der Waals surface area contributed by atoms with Crippen LogP contribution in [0, 0.1) is 10.8 Å². The van der Waals surface area contributed by atoms with Gasteiger partial charge in [0.2, 0.25) is 0 Å². The molecule has 0 saturated heterocycles. The second kappa shape index (κ2) is 9.12. The average Bonchev–Trinajstić information content (AvgIpc) is 2.72. The highest BCUT2D eigenvalue weighted by atomic mass is 35.5. The number of carbonyl (C=O) groups excluding carboxylic acids is 2. The van der Waals surface area contributed by atoms with Crippen LogP contribution < -0.4 is 4.74 Å². The lowest BCUT2D eigenvalue weighted by Gasteiger charge is -2.48. The van der Waals surface area contributed by atoms with Gasteiger partial charge >= 0.3 is 5.97 Å². The van der Waals surface area contributed by atoms with Crippen molar-refractivity contribution in [3.05, 3.63) is 51.3 Å². The number of carboxylic acid groups (broad SMARTS) is 1. The molecule has 35 heavy (non-hydrogen) atoms.